The fraction of sp³-hybridized carbons (Fsp3) is 0.429. The number of hydrogen-bond donors (Lipinski definition) is 0. The molecule has 1 aromatic carbocycles. The first kappa shape index (κ1) is 16.3. The average molecular weight is 283 g/mol. The van der Waals surface area contributed by atoms with Crippen LogP contribution < -0.4 is 9.47 Å². The van der Waals surface area contributed by atoms with Gasteiger partial charge >= 0.3 is 5.97 Å². The lowest BCUT2D eigenvalue weighted by Gasteiger charge is -2.09. The Morgan fingerprint density at radius 3 is 2.70 bits per heavy atom. The molecule has 20 heavy (non-hydrogen) atoms. The van der Waals surface area contributed by atoms with E-state index in [1.165, 1.54) is 26.9 Å². The molecule has 0 saturated carbocycles. The van der Waals surface area contributed by atoms with Crippen molar-refractivity contribution in [3.63, 3.8) is 0 Å². The van der Waals surface area contributed by atoms with Gasteiger partial charge in [-0.05, 0) is 18.6 Å². The molecule has 0 bridgehead atoms. The summed E-state index contributed by atoms with van der Waals surface area (Å²) in [6.45, 7) is 4.14. The van der Waals surface area contributed by atoms with E-state index < -0.39 is 5.97 Å². The molecule has 0 aromatic heterocycles. The van der Waals surface area contributed by atoms with Gasteiger partial charge in [0, 0.05) is 12.7 Å². The Hall–Kier alpha value is -1.79. The monoisotopic (exact) mass is 283 g/mol. The zero-order valence-electron chi connectivity index (χ0n) is 11.9. The molecule has 1 radical (unpaired) electrons. The number of hydrogen-bond acceptors (Lipinski definition) is 6. The third-order valence-electron chi connectivity index (χ3n) is 2.35. The van der Waals surface area contributed by atoms with Crippen molar-refractivity contribution in [2.45, 2.75) is 13.3 Å². The SMILES string of the molecule is CCCOC[CH]OOC(=O)c1ccc(OC)cc1OC. The zero-order chi connectivity index (χ0) is 14.8. The molecule has 111 valence electrons. The van der Waals surface area contributed by atoms with Gasteiger partial charge in [-0.2, -0.15) is 4.89 Å². The predicted octanol–water partition coefficient (Wildman–Crippen LogP) is 2.38. The summed E-state index contributed by atoms with van der Waals surface area (Å²) in [4.78, 5) is 21.1. The molecular formula is C14H19O6. The van der Waals surface area contributed by atoms with Crippen molar-refractivity contribution in [2.24, 2.45) is 0 Å². The standard InChI is InChI=1S/C14H19O6/c1-4-7-18-8-9-19-20-14(15)12-6-5-11(16-2)10-13(12)17-3/h5-6,9-10H,4,7-8H2,1-3H3. The minimum Gasteiger partial charge on any atom is -0.497 e. The smallest absolute Gasteiger partial charge is 0.376 e. The van der Waals surface area contributed by atoms with E-state index in [1.807, 2.05) is 6.92 Å². The predicted molar refractivity (Wildman–Crippen MR) is 71.5 cm³/mol. The summed E-state index contributed by atoms with van der Waals surface area (Å²) in [5.74, 6) is 0.273. The fourth-order valence-corrected chi connectivity index (χ4v) is 1.39. The minimum atomic E-state index is -0.656. The second-order valence-corrected chi connectivity index (χ2v) is 3.77. The number of benzene rings is 1. The van der Waals surface area contributed by atoms with Crippen molar-refractivity contribution >= 4 is 5.97 Å². The van der Waals surface area contributed by atoms with Gasteiger partial charge in [0.15, 0.2) is 6.61 Å². The highest BCUT2D eigenvalue weighted by Crippen LogP contribution is 2.25. The van der Waals surface area contributed by atoms with Crippen LogP contribution >= 0.6 is 0 Å². The van der Waals surface area contributed by atoms with E-state index >= 15 is 0 Å². The van der Waals surface area contributed by atoms with Crippen LogP contribution in [0.1, 0.15) is 23.7 Å². The quantitative estimate of drug-likeness (QED) is 0.394. The summed E-state index contributed by atoms with van der Waals surface area (Å²) in [6.07, 6.45) is 0.913. The molecule has 0 atom stereocenters. The van der Waals surface area contributed by atoms with Crippen molar-refractivity contribution in [1.82, 2.24) is 0 Å². The zero-order valence-corrected chi connectivity index (χ0v) is 11.9. The fourth-order valence-electron chi connectivity index (χ4n) is 1.39. The Morgan fingerprint density at radius 2 is 2.05 bits per heavy atom. The molecule has 0 fully saturated rings. The van der Waals surface area contributed by atoms with Gasteiger partial charge in [-0.15, -0.1) is 0 Å². The maximum Gasteiger partial charge on any atom is 0.376 e. The van der Waals surface area contributed by atoms with Crippen molar-refractivity contribution < 1.29 is 28.8 Å². The molecule has 0 unspecified atom stereocenters. The van der Waals surface area contributed by atoms with Gasteiger partial charge in [-0.3, -0.25) is 4.89 Å². The second-order valence-electron chi connectivity index (χ2n) is 3.77. The van der Waals surface area contributed by atoms with E-state index in [9.17, 15) is 4.79 Å². The maximum absolute atomic E-state index is 11.8. The van der Waals surface area contributed by atoms with Crippen LogP contribution in [0.25, 0.3) is 0 Å². The van der Waals surface area contributed by atoms with Crippen molar-refractivity contribution in [2.75, 3.05) is 27.4 Å². The lowest BCUT2D eigenvalue weighted by molar-refractivity contribution is -0.218. The molecule has 0 heterocycles. The van der Waals surface area contributed by atoms with E-state index in [0.29, 0.717) is 18.1 Å². The summed E-state index contributed by atoms with van der Waals surface area (Å²) in [7, 11) is 2.98. The Kier molecular flexibility index (Phi) is 7.46. The number of carbonyl (C=O) groups excluding carboxylic acids is 1. The van der Waals surface area contributed by atoms with Crippen molar-refractivity contribution in [1.29, 1.82) is 0 Å². The molecule has 0 aliphatic carbocycles. The summed E-state index contributed by atoms with van der Waals surface area (Å²) >= 11 is 0. The van der Waals surface area contributed by atoms with Crippen LogP contribution in [0.15, 0.2) is 18.2 Å². The van der Waals surface area contributed by atoms with E-state index in [2.05, 4.69) is 9.78 Å². The molecular weight excluding hydrogens is 264 g/mol. The molecule has 0 aliphatic rings. The largest absolute Gasteiger partial charge is 0.497 e. The topological polar surface area (TPSA) is 63.2 Å². The van der Waals surface area contributed by atoms with Gasteiger partial charge in [0.05, 0.1) is 20.8 Å². The average Bonchev–Trinajstić information content (AvgIpc) is 2.49. The summed E-state index contributed by atoms with van der Waals surface area (Å²) in [5.41, 5.74) is 0.246. The summed E-state index contributed by atoms with van der Waals surface area (Å²) in [5, 5.41) is 0. The first-order valence-corrected chi connectivity index (χ1v) is 6.22. The van der Waals surface area contributed by atoms with E-state index in [4.69, 9.17) is 14.2 Å². The summed E-state index contributed by atoms with van der Waals surface area (Å²) in [6, 6.07) is 4.76. The highest BCUT2D eigenvalue weighted by Gasteiger charge is 2.15. The number of carbonyl (C=O) groups is 1. The number of methoxy groups -OCH3 is 2. The molecule has 6 nitrogen and oxygen atoms in total. The van der Waals surface area contributed by atoms with Crippen molar-refractivity contribution in [3.05, 3.63) is 30.4 Å². The molecule has 0 saturated heterocycles. The molecule has 6 heteroatoms. The second kappa shape index (κ2) is 9.17. The van der Waals surface area contributed by atoms with Crippen LogP contribution in [0.4, 0.5) is 0 Å². The Bertz CT molecular complexity index is 418. The molecule has 1 aromatic rings. The summed E-state index contributed by atoms with van der Waals surface area (Å²) < 4.78 is 15.3. The van der Waals surface area contributed by atoms with Crippen LogP contribution in [0.5, 0.6) is 11.5 Å². The maximum atomic E-state index is 11.8. The van der Waals surface area contributed by atoms with Crippen LogP contribution in [0, 0.1) is 6.61 Å². The van der Waals surface area contributed by atoms with Gasteiger partial charge in [0.25, 0.3) is 0 Å². The van der Waals surface area contributed by atoms with E-state index in [0.717, 1.165) is 6.42 Å². The Balaban J connectivity index is 2.46. The van der Waals surface area contributed by atoms with Gasteiger partial charge < -0.3 is 14.2 Å². The molecule has 0 spiro atoms. The molecule has 1 rings (SSSR count). The van der Waals surface area contributed by atoms with Gasteiger partial charge in [0.2, 0.25) is 0 Å². The lowest BCUT2D eigenvalue weighted by atomic mass is 10.2. The Morgan fingerprint density at radius 1 is 1.25 bits per heavy atom. The van der Waals surface area contributed by atoms with Gasteiger partial charge in [-0.1, -0.05) is 6.92 Å². The molecule has 0 N–H and O–H groups in total. The third kappa shape index (κ3) is 5.07. The van der Waals surface area contributed by atoms with E-state index in [1.54, 1.807) is 12.1 Å². The number of rotatable bonds is 9. The van der Waals surface area contributed by atoms with Crippen LogP contribution in [0.2, 0.25) is 0 Å². The van der Waals surface area contributed by atoms with Crippen LogP contribution in [0.3, 0.4) is 0 Å². The molecule has 0 amide bonds. The molecule has 0 aliphatic heterocycles. The van der Waals surface area contributed by atoms with Gasteiger partial charge in [0.1, 0.15) is 17.1 Å². The minimum absolute atomic E-state index is 0.246. The normalized spacial score (nSPS) is 10.2. The highest BCUT2D eigenvalue weighted by atomic mass is 17.2. The van der Waals surface area contributed by atoms with E-state index in [-0.39, 0.29) is 12.2 Å². The van der Waals surface area contributed by atoms with Crippen LogP contribution in [-0.4, -0.2) is 33.4 Å². The lowest BCUT2D eigenvalue weighted by Crippen LogP contribution is -2.09. The number of ether oxygens (including phenoxy) is 3. The first-order valence-electron chi connectivity index (χ1n) is 6.22. The third-order valence-corrected chi connectivity index (χ3v) is 2.35. The first-order chi connectivity index (χ1) is 9.72. The highest BCUT2D eigenvalue weighted by molar-refractivity contribution is 5.92. The van der Waals surface area contributed by atoms with Crippen LogP contribution in [-0.2, 0) is 14.5 Å². The van der Waals surface area contributed by atoms with Crippen molar-refractivity contribution in [3.8, 4) is 11.5 Å². The van der Waals surface area contributed by atoms with Gasteiger partial charge in [-0.25, -0.2) is 4.79 Å². The Labute approximate surface area is 118 Å².